The van der Waals surface area contributed by atoms with Crippen molar-refractivity contribution in [3.8, 4) is 12.3 Å². The number of halogens is 1. The number of hydrogen-bond acceptors (Lipinski definition) is 5. The van der Waals surface area contributed by atoms with Gasteiger partial charge in [-0.1, -0.05) is 17.5 Å². The van der Waals surface area contributed by atoms with Gasteiger partial charge in [0.2, 0.25) is 5.91 Å². The quantitative estimate of drug-likeness (QED) is 0.637. The van der Waals surface area contributed by atoms with Gasteiger partial charge in [0.15, 0.2) is 5.82 Å². The second-order valence-electron chi connectivity index (χ2n) is 2.76. The molecule has 0 saturated carbocycles. The maximum Gasteiger partial charge on any atom is 0.240 e. The third kappa shape index (κ3) is 3.29. The standard InChI is InChI=1S/C9H10ClN5O/c1-2-3-12-6(16)4-13-9-7(10)8(11)14-5-15-9/h1,5H,3-4H2,(H,12,16)(H3,11,13,14,15). The predicted molar refractivity (Wildman–Crippen MR) is 61.8 cm³/mol. The van der Waals surface area contributed by atoms with Crippen LogP contribution in [0.15, 0.2) is 6.33 Å². The first-order chi connectivity index (χ1) is 7.65. The summed E-state index contributed by atoms with van der Waals surface area (Å²) in [4.78, 5) is 18.7. The molecule has 0 unspecified atom stereocenters. The lowest BCUT2D eigenvalue weighted by Crippen LogP contribution is -2.30. The number of aromatic nitrogens is 2. The number of amides is 1. The lowest BCUT2D eigenvalue weighted by Gasteiger charge is -2.07. The first-order valence-electron chi connectivity index (χ1n) is 4.35. The van der Waals surface area contributed by atoms with E-state index in [0.717, 1.165) is 0 Å². The zero-order chi connectivity index (χ0) is 12.0. The van der Waals surface area contributed by atoms with E-state index >= 15 is 0 Å². The maximum atomic E-state index is 11.2. The number of nitrogen functional groups attached to an aromatic ring is 1. The fraction of sp³-hybridized carbons (Fsp3) is 0.222. The van der Waals surface area contributed by atoms with Crippen LogP contribution in [0.5, 0.6) is 0 Å². The largest absolute Gasteiger partial charge is 0.382 e. The number of anilines is 2. The van der Waals surface area contributed by atoms with Crippen LogP contribution in [0.2, 0.25) is 5.02 Å². The average Bonchev–Trinajstić information content (AvgIpc) is 2.28. The fourth-order valence-corrected chi connectivity index (χ4v) is 1.05. The Labute approximate surface area is 97.6 Å². The second kappa shape index (κ2) is 5.78. The lowest BCUT2D eigenvalue weighted by atomic mass is 10.5. The second-order valence-corrected chi connectivity index (χ2v) is 3.13. The van der Waals surface area contributed by atoms with Crippen molar-refractivity contribution in [3.05, 3.63) is 11.3 Å². The highest BCUT2D eigenvalue weighted by Crippen LogP contribution is 2.22. The van der Waals surface area contributed by atoms with Crippen LogP contribution in [0.4, 0.5) is 11.6 Å². The Morgan fingerprint density at radius 1 is 1.62 bits per heavy atom. The molecule has 0 aliphatic carbocycles. The van der Waals surface area contributed by atoms with Crippen LogP contribution >= 0.6 is 11.6 Å². The number of hydrogen-bond donors (Lipinski definition) is 3. The highest BCUT2D eigenvalue weighted by atomic mass is 35.5. The van der Waals surface area contributed by atoms with Gasteiger partial charge in [-0.05, 0) is 0 Å². The Balaban J connectivity index is 2.52. The molecule has 0 aromatic carbocycles. The molecule has 16 heavy (non-hydrogen) atoms. The van der Waals surface area contributed by atoms with Crippen LogP contribution in [0.25, 0.3) is 0 Å². The fourth-order valence-electron chi connectivity index (χ4n) is 0.883. The molecule has 1 rings (SSSR count). The molecule has 4 N–H and O–H groups in total. The Morgan fingerprint density at radius 3 is 3.06 bits per heavy atom. The summed E-state index contributed by atoms with van der Waals surface area (Å²) >= 11 is 5.80. The number of nitrogens with one attached hydrogen (secondary N) is 2. The highest BCUT2D eigenvalue weighted by Gasteiger charge is 2.07. The van der Waals surface area contributed by atoms with Gasteiger partial charge in [0.1, 0.15) is 17.2 Å². The molecule has 1 aromatic rings. The van der Waals surface area contributed by atoms with Gasteiger partial charge in [-0.15, -0.1) is 6.42 Å². The zero-order valence-electron chi connectivity index (χ0n) is 8.33. The Hall–Kier alpha value is -2.00. The van der Waals surface area contributed by atoms with Gasteiger partial charge in [-0.2, -0.15) is 0 Å². The summed E-state index contributed by atoms with van der Waals surface area (Å²) in [5.41, 5.74) is 5.46. The van der Waals surface area contributed by atoms with Crippen LogP contribution in [0.1, 0.15) is 0 Å². The molecule has 6 nitrogen and oxygen atoms in total. The minimum Gasteiger partial charge on any atom is -0.382 e. The SMILES string of the molecule is C#CCNC(=O)CNc1ncnc(N)c1Cl. The molecular formula is C9H10ClN5O. The molecule has 7 heteroatoms. The molecule has 0 bridgehead atoms. The minimum atomic E-state index is -0.258. The number of carbonyl (C=O) groups is 1. The molecule has 0 fully saturated rings. The molecule has 1 aromatic heterocycles. The first kappa shape index (κ1) is 12.1. The number of nitrogens with two attached hydrogens (primary N) is 1. The number of rotatable bonds is 4. The van der Waals surface area contributed by atoms with Gasteiger partial charge >= 0.3 is 0 Å². The predicted octanol–water partition coefficient (Wildman–Crippen LogP) is -0.127. The van der Waals surface area contributed by atoms with Crippen LogP contribution in [0.3, 0.4) is 0 Å². The van der Waals surface area contributed by atoms with E-state index in [-0.39, 0.29) is 29.8 Å². The van der Waals surface area contributed by atoms with Crippen LogP contribution in [-0.2, 0) is 4.79 Å². The van der Waals surface area contributed by atoms with Crippen molar-refractivity contribution in [3.63, 3.8) is 0 Å². The smallest absolute Gasteiger partial charge is 0.240 e. The molecule has 0 aliphatic rings. The molecule has 0 spiro atoms. The van der Waals surface area contributed by atoms with Gasteiger partial charge in [0, 0.05) is 0 Å². The summed E-state index contributed by atoms with van der Waals surface area (Å²) in [5.74, 6) is 2.49. The van der Waals surface area contributed by atoms with Crippen LogP contribution in [0, 0.1) is 12.3 Å². The van der Waals surface area contributed by atoms with E-state index in [1.54, 1.807) is 0 Å². The van der Waals surface area contributed by atoms with E-state index in [4.69, 9.17) is 23.8 Å². The van der Waals surface area contributed by atoms with Gasteiger partial charge in [0.25, 0.3) is 0 Å². The van der Waals surface area contributed by atoms with Crippen molar-refractivity contribution in [2.45, 2.75) is 0 Å². The lowest BCUT2D eigenvalue weighted by molar-refractivity contribution is -0.119. The molecule has 0 saturated heterocycles. The van der Waals surface area contributed by atoms with Gasteiger partial charge in [-0.3, -0.25) is 4.79 Å². The van der Waals surface area contributed by atoms with Gasteiger partial charge in [-0.25, -0.2) is 9.97 Å². The van der Waals surface area contributed by atoms with Crippen molar-refractivity contribution in [2.24, 2.45) is 0 Å². The third-order valence-electron chi connectivity index (χ3n) is 1.62. The van der Waals surface area contributed by atoms with E-state index in [2.05, 4.69) is 26.5 Å². The van der Waals surface area contributed by atoms with Crippen molar-refractivity contribution < 1.29 is 4.79 Å². The van der Waals surface area contributed by atoms with Crippen molar-refractivity contribution in [1.29, 1.82) is 0 Å². The van der Waals surface area contributed by atoms with E-state index in [0.29, 0.717) is 5.82 Å². The summed E-state index contributed by atoms with van der Waals surface area (Å²) < 4.78 is 0. The monoisotopic (exact) mass is 239 g/mol. The van der Waals surface area contributed by atoms with Crippen molar-refractivity contribution in [1.82, 2.24) is 15.3 Å². The molecule has 1 heterocycles. The average molecular weight is 240 g/mol. The molecule has 1 amide bonds. The molecule has 0 aliphatic heterocycles. The van der Waals surface area contributed by atoms with Crippen LogP contribution in [-0.4, -0.2) is 29.0 Å². The summed E-state index contributed by atoms with van der Waals surface area (Å²) in [5, 5.41) is 5.39. The maximum absolute atomic E-state index is 11.2. The third-order valence-corrected chi connectivity index (χ3v) is 1.99. The Morgan fingerprint density at radius 2 is 2.38 bits per heavy atom. The molecule has 0 radical (unpaired) electrons. The minimum absolute atomic E-state index is 0.0118. The molecule has 0 atom stereocenters. The number of nitrogens with zero attached hydrogens (tertiary/aromatic N) is 2. The summed E-state index contributed by atoms with van der Waals surface area (Å²) in [6, 6.07) is 0. The summed E-state index contributed by atoms with van der Waals surface area (Å²) in [6.45, 7) is 0.192. The van der Waals surface area contributed by atoms with Gasteiger partial charge in [0.05, 0.1) is 13.1 Å². The number of terminal acetylenes is 1. The molecular weight excluding hydrogens is 230 g/mol. The Kier molecular flexibility index (Phi) is 4.36. The summed E-state index contributed by atoms with van der Waals surface area (Å²) in [7, 11) is 0. The van der Waals surface area contributed by atoms with Crippen LogP contribution < -0.4 is 16.4 Å². The van der Waals surface area contributed by atoms with E-state index in [1.165, 1.54) is 6.33 Å². The van der Waals surface area contributed by atoms with Crippen molar-refractivity contribution in [2.75, 3.05) is 24.1 Å². The molecule has 84 valence electrons. The first-order valence-corrected chi connectivity index (χ1v) is 4.73. The number of carbonyl (C=O) groups excluding carboxylic acids is 1. The van der Waals surface area contributed by atoms with Crippen molar-refractivity contribution >= 4 is 29.1 Å². The van der Waals surface area contributed by atoms with Gasteiger partial charge < -0.3 is 16.4 Å². The zero-order valence-corrected chi connectivity index (χ0v) is 9.08. The normalized spacial score (nSPS) is 9.25. The topological polar surface area (TPSA) is 92.9 Å². The highest BCUT2D eigenvalue weighted by molar-refractivity contribution is 6.35. The van der Waals surface area contributed by atoms with E-state index in [9.17, 15) is 4.79 Å². The van der Waals surface area contributed by atoms with E-state index in [1.807, 2.05) is 0 Å². The Bertz CT molecular complexity index is 428. The van der Waals surface area contributed by atoms with E-state index < -0.39 is 0 Å². The summed E-state index contributed by atoms with van der Waals surface area (Å²) in [6.07, 6.45) is 6.24.